The predicted octanol–water partition coefficient (Wildman–Crippen LogP) is 2.96. The van der Waals surface area contributed by atoms with Crippen molar-refractivity contribution in [2.45, 2.75) is 13.8 Å². The molecule has 0 aliphatic heterocycles. The Hall–Kier alpha value is -2.82. The number of carbonyl (C=O) groups is 2. The van der Waals surface area contributed by atoms with E-state index < -0.39 is 5.97 Å². The monoisotopic (exact) mass is 285 g/mol. The minimum absolute atomic E-state index is 0.0439. The molecule has 5 heteroatoms. The highest BCUT2D eigenvalue weighted by molar-refractivity contribution is 6.07. The molecule has 0 aromatic heterocycles. The molecule has 21 heavy (non-hydrogen) atoms. The van der Waals surface area contributed by atoms with Crippen molar-refractivity contribution in [3.8, 4) is 5.75 Å². The maximum Gasteiger partial charge on any atom is 0.335 e. The molecule has 2 rings (SSSR count). The molecule has 1 amide bonds. The van der Waals surface area contributed by atoms with E-state index in [4.69, 9.17) is 5.11 Å². The summed E-state index contributed by atoms with van der Waals surface area (Å²) in [6.07, 6.45) is 0. The molecule has 0 aliphatic rings. The van der Waals surface area contributed by atoms with Crippen LogP contribution in [0.4, 0.5) is 5.69 Å². The number of phenolic OH excluding ortho intramolecular Hbond substituents is 1. The Morgan fingerprint density at radius 1 is 1.05 bits per heavy atom. The number of anilines is 1. The van der Waals surface area contributed by atoms with Crippen LogP contribution < -0.4 is 5.32 Å². The summed E-state index contributed by atoms with van der Waals surface area (Å²) in [4.78, 5) is 23.1. The number of carboxylic acid groups (broad SMARTS) is 1. The van der Waals surface area contributed by atoms with Crippen LogP contribution in [0.2, 0.25) is 0 Å². The Balaban J connectivity index is 2.30. The molecule has 0 fully saturated rings. The maximum atomic E-state index is 12.3. The van der Waals surface area contributed by atoms with Crippen molar-refractivity contribution >= 4 is 17.6 Å². The molecule has 0 bridgehead atoms. The van der Waals surface area contributed by atoms with E-state index in [9.17, 15) is 14.7 Å². The first-order chi connectivity index (χ1) is 9.90. The lowest BCUT2D eigenvalue weighted by atomic mass is 10.0. The van der Waals surface area contributed by atoms with Gasteiger partial charge in [0.2, 0.25) is 0 Å². The number of carbonyl (C=O) groups excluding carboxylic acids is 1. The third-order valence-electron chi connectivity index (χ3n) is 3.20. The SMILES string of the molecule is Cc1cccc(C)c1C(=O)Nc1ccc(C(=O)O)cc1O. The number of aryl methyl sites for hydroxylation is 2. The molecule has 0 saturated heterocycles. The first kappa shape index (κ1) is 14.6. The Bertz CT molecular complexity index is 702. The second-order valence-electron chi connectivity index (χ2n) is 4.76. The smallest absolute Gasteiger partial charge is 0.335 e. The summed E-state index contributed by atoms with van der Waals surface area (Å²) in [5.74, 6) is -1.77. The van der Waals surface area contributed by atoms with Crippen molar-refractivity contribution in [3.05, 3.63) is 58.7 Å². The van der Waals surface area contributed by atoms with E-state index in [-0.39, 0.29) is 22.9 Å². The first-order valence-electron chi connectivity index (χ1n) is 6.34. The lowest BCUT2D eigenvalue weighted by Gasteiger charge is -2.11. The van der Waals surface area contributed by atoms with Crippen molar-refractivity contribution < 1.29 is 19.8 Å². The molecule has 2 aromatic rings. The number of phenols is 1. The molecular formula is C16H15NO4. The van der Waals surface area contributed by atoms with Gasteiger partial charge in [0.25, 0.3) is 5.91 Å². The van der Waals surface area contributed by atoms with Crippen LogP contribution in [0, 0.1) is 13.8 Å². The fourth-order valence-corrected chi connectivity index (χ4v) is 2.13. The zero-order valence-electron chi connectivity index (χ0n) is 11.7. The molecule has 0 unspecified atom stereocenters. The first-order valence-corrected chi connectivity index (χ1v) is 6.34. The van der Waals surface area contributed by atoms with Gasteiger partial charge in [-0.2, -0.15) is 0 Å². The summed E-state index contributed by atoms with van der Waals surface area (Å²) < 4.78 is 0. The number of carboxylic acids is 1. The second-order valence-corrected chi connectivity index (χ2v) is 4.76. The van der Waals surface area contributed by atoms with Crippen molar-refractivity contribution in [1.29, 1.82) is 0 Å². The standard InChI is InChI=1S/C16H15NO4/c1-9-4-3-5-10(2)14(9)15(19)17-12-7-6-11(16(20)21)8-13(12)18/h3-8,18H,1-2H3,(H,17,19)(H,20,21). The second kappa shape index (κ2) is 5.66. The average molecular weight is 285 g/mol. The van der Waals surface area contributed by atoms with Gasteiger partial charge in [-0.25, -0.2) is 4.79 Å². The van der Waals surface area contributed by atoms with E-state index in [2.05, 4.69) is 5.32 Å². The number of amides is 1. The van der Waals surface area contributed by atoms with Crippen molar-refractivity contribution in [2.24, 2.45) is 0 Å². The third-order valence-corrected chi connectivity index (χ3v) is 3.20. The zero-order valence-corrected chi connectivity index (χ0v) is 11.7. The summed E-state index contributed by atoms with van der Waals surface area (Å²) in [7, 11) is 0. The molecule has 2 aromatic carbocycles. The van der Waals surface area contributed by atoms with Gasteiger partial charge in [0.15, 0.2) is 0 Å². The summed E-state index contributed by atoms with van der Waals surface area (Å²) in [6.45, 7) is 3.66. The van der Waals surface area contributed by atoms with Crippen LogP contribution in [-0.4, -0.2) is 22.1 Å². The molecular weight excluding hydrogens is 270 g/mol. The molecule has 0 radical (unpaired) electrons. The number of hydrogen-bond acceptors (Lipinski definition) is 3. The molecule has 0 atom stereocenters. The maximum absolute atomic E-state index is 12.3. The summed E-state index contributed by atoms with van der Waals surface area (Å²) in [5.41, 5.74) is 2.33. The Morgan fingerprint density at radius 3 is 2.19 bits per heavy atom. The number of nitrogens with one attached hydrogen (secondary N) is 1. The highest BCUT2D eigenvalue weighted by atomic mass is 16.4. The number of rotatable bonds is 3. The highest BCUT2D eigenvalue weighted by Gasteiger charge is 2.14. The molecule has 108 valence electrons. The van der Waals surface area contributed by atoms with Crippen LogP contribution in [0.25, 0.3) is 0 Å². The largest absolute Gasteiger partial charge is 0.506 e. The number of aromatic hydroxyl groups is 1. The van der Waals surface area contributed by atoms with Gasteiger partial charge in [0.05, 0.1) is 11.3 Å². The lowest BCUT2D eigenvalue weighted by molar-refractivity contribution is 0.0696. The van der Waals surface area contributed by atoms with Gasteiger partial charge >= 0.3 is 5.97 Å². The van der Waals surface area contributed by atoms with Gasteiger partial charge in [0, 0.05) is 5.56 Å². The van der Waals surface area contributed by atoms with Gasteiger partial charge in [0.1, 0.15) is 5.75 Å². The molecule has 0 heterocycles. The van der Waals surface area contributed by atoms with E-state index >= 15 is 0 Å². The number of benzene rings is 2. The molecule has 0 spiro atoms. The van der Waals surface area contributed by atoms with Gasteiger partial charge < -0.3 is 15.5 Å². The average Bonchev–Trinajstić information content (AvgIpc) is 2.40. The normalized spacial score (nSPS) is 10.2. The quantitative estimate of drug-likeness (QED) is 0.757. The van der Waals surface area contributed by atoms with E-state index in [1.54, 1.807) is 0 Å². The minimum atomic E-state index is -1.14. The Labute approximate surface area is 121 Å². The van der Waals surface area contributed by atoms with Crippen LogP contribution in [0.1, 0.15) is 31.8 Å². The molecule has 0 aliphatic carbocycles. The predicted molar refractivity (Wildman–Crippen MR) is 78.9 cm³/mol. The van der Waals surface area contributed by atoms with Crippen LogP contribution in [-0.2, 0) is 0 Å². The van der Waals surface area contributed by atoms with Gasteiger partial charge in [-0.05, 0) is 43.2 Å². The third kappa shape index (κ3) is 3.02. The van der Waals surface area contributed by atoms with Crippen LogP contribution in [0.5, 0.6) is 5.75 Å². The highest BCUT2D eigenvalue weighted by Crippen LogP contribution is 2.25. The summed E-state index contributed by atoms with van der Waals surface area (Å²) >= 11 is 0. The summed E-state index contributed by atoms with van der Waals surface area (Å²) in [5, 5.41) is 21.2. The van der Waals surface area contributed by atoms with Gasteiger partial charge in [-0.1, -0.05) is 18.2 Å². The fourth-order valence-electron chi connectivity index (χ4n) is 2.13. The lowest BCUT2D eigenvalue weighted by Crippen LogP contribution is -2.15. The Morgan fingerprint density at radius 2 is 1.67 bits per heavy atom. The number of aromatic carboxylic acids is 1. The van der Waals surface area contributed by atoms with Crippen molar-refractivity contribution in [1.82, 2.24) is 0 Å². The van der Waals surface area contributed by atoms with E-state index in [1.807, 2.05) is 32.0 Å². The van der Waals surface area contributed by atoms with E-state index in [0.717, 1.165) is 17.2 Å². The molecule has 5 nitrogen and oxygen atoms in total. The fraction of sp³-hybridized carbons (Fsp3) is 0.125. The van der Waals surface area contributed by atoms with Crippen LogP contribution >= 0.6 is 0 Å². The molecule has 0 saturated carbocycles. The van der Waals surface area contributed by atoms with Gasteiger partial charge in [-0.15, -0.1) is 0 Å². The minimum Gasteiger partial charge on any atom is -0.506 e. The van der Waals surface area contributed by atoms with Gasteiger partial charge in [-0.3, -0.25) is 4.79 Å². The van der Waals surface area contributed by atoms with Crippen LogP contribution in [0.3, 0.4) is 0 Å². The van der Waals surface area contributed by atoms with E-state index in [1.165, 1.54) is 12.1 Å². The van der Waals surface area contributed by atoms with Crippen molar-refractivity contribution in [3.63, 3.8) is 0 Å². The topological polar surface area (TPSA) is 86.6 Å². The summed E-state index contributed by atoms with van der Waals surface area (Å²) in [6, 6.07) is 9.31. The van der Waals surface area contributed by atoms with E-state index in [0.29, 0.717) is 5.56 Å². The Kier molecular flexibility index (Phi) is 3.93. The van der Waals surface area contributed by atoms with Crippen molar-refractivity contribution in [2.75, 3.05) is 5.32 Å². The zero-order chi connectivity index (χ0) is 15.6. The molecule has 3 N–H and O–H groups in total. The number of hydrogen-bond donors (Lipinski definition) is 3. The van der Waals surface area contributed by atoms with Crippen LogP contribution in [0.15, 0.2) is 36.4 Å².